The predicted octanol–water partition coefficient (Wildman–Crippen LogP) is 1.40. The number of carboxylic acid groups (broad SMARTS) is 1. The average molecular weight is 236 g/mol. The van der Waals surface area contributed by atoms with Gasteiger partial charge >= 0.3 is 5.97 Å². The van der Waals surface area contributed by atoms with E-state index in [2.05, 4.69) is 9.88 Å². The average Bonchev–Trinajstić information content (AvgIpc) is 2.39. The summed E-state index contributed by atoms with van der Waals surface area (Å²) in [5.74, 6) is -0.279. The van der Waals surface area contributed by atoms with Crippen LogP contribution in [0.5, 0.6) is 0 Å². The second-order valence-corrected chi connectivity index (χ2v) is 4.13. The van der Waals surface area contributed by atoms with Crippen LogP contribution in [0.3, 0.4) is 0 Å². The molecule has 1 atom stereocenters. The third-order valence-electron chi connectivity index (χ3n) is 2.99. The Hall–Kier alpha value is -1.62. The first kappa shape index (κ1) is 11.9. The van der Waals surface area contributed by atoms with Crippen molar-refractivity contribution < 1.29 is 14.6 Å². The first-order valence-corrected chi connectivity index (χ1v) is 5.69. The number of methoxy groups -OCH3 is 1. The van der Waals surface area contributed by atoms with Gasteiger partial charge in [0.05, 0.1) is 6.10 Å². The van der Waals surface area contributed by atoms with Crippen molar-refractivity contribution in [3.05, 3.63) is 23.9 Å². The molecule has 0 spiro atoms. The quantitative estimate of drug-likeness (QED) is 0.859. The van der Waals surface area contributed by atoms with Crippen LogP contribution in [0, 0.1) is 0 Å². The van der Waals surface area contributed by atoms with Gasteiger partial charge in [-0.1, -0.05) is 6.07 Å². The smallest absolute Gasteiger partial charge is 0.354 e. The molecule has 1 saturated heterocycles. The number of carboxylic acids is 1. The highest BCUT2D eigenvalue weighted by atomic mass is 16.5. The van der Waals surface area contributed by atoms with Crippen molar-refractivity contribution in [3.63, 3.8) is 0 Å². The second-order valence-electron chi connectivity index (χ2n) is 4.13. The summed E-state index contributed by atoms with van der Waals surface area (Å²) in [5.41, 5.74) is 0.0852. The molecular formula is C12H16N2O3. The number of pyridine rings is 1. The minimum Gasteiger partial charge on any atom is -0.477 e. The molecule has 1 aromatic heterocycles. The third-order valence-corrected chi connectivity index (χ3v) is 2.99. The number of anilines is 1. The Kier molecular flexibility index (Phi) is 3.58. The summed E-state index contributed by atoms with van der Waals surface area (Å²) in [4.78, 5) is 17.1. The van der Waals surface area contributed by atoms with Crippen LogP contribution in [-0.4, -0.2) is 42.4 Å². The SMILES string of the molecule is COC1CCCN(c2cccc(C(=O)O)n2)C1. The number of carbonyl (C=O) groups is 1. The molecule has 1 N–H and O–H groups in total. The Bertz CT molecular complexity index is 408. The lowest BCUT2D eigenvalue weighted by Crippen LogP contribution is -2.39. The molecule has 1 aliphatic rings. The molecule has 0 bridgehead atoms. The van der Waals surface area contributed by atoms with Gasteiger partial charge in [0.2, 0.25) is 0 Å². The van der Waals surface area contributed by atoms with E-state index in [1.807, 2.05) is 6.07 Å². The van der Waals surface area contributed by atoms with Gasteiger partial charge in [0.25, 0.3) is 0 Å². The number of hydrogen-bond acceptors (Lipinski definition) is 4. The summed E-state index contributed by atoms with van der Waals surface area (Å²) >= 11 is 0. The number of piperidine rings is 1. The molecule has 1 aliphatic heterocycles. The van der Waals surface area contributed by atoms with Gasteiger partial charge in [0, 0.05) is 20.2 Å². The standard InChI is InChI=1S/C12H16N2O3/c1-17-9-4-3-7-14(8-9)11-6-2-5-10(13-11)12(15)16/h2,5-6,9H,3-4,7-8H2,1H3,(H,15,16). The van der Waals surface area contributed by atoms with E-state index >= 15 is 0 Å². The van der Waals surface area contributed by atoms with Gasteiger partial charge in [-0.15, -0.1) is 0 Å². The van der Waals surface area contributed by atoms with E-state index in [0.29, 0.717) is 5.82 Å². The van der Waals surface area contributed by atoms with Gasteiger partial charge < -0.3 is 14.7 Å². The van der Waals surface area contributed by atoms with Gasteiger partial charge in [-0.3, -0.25) is 0 Å². The van der Waals surface area contributed by atoms with E-state index in [9.17, 15) is 4.79 Å². The number of aromatic carboxylic acids is 1. The van der Waals surface area contributed by atoms with Gasteiger partial charge in [0.15, 0.2) is 5.69 Å². The van der Waals surface area contributed by atoms with Gasteiger partial charge in [0.1, 0.15) is 5.82 Å². The summed E-state index contributed by atoms with van der Waals surface area (Å²) in [6, 6.07) is 5.07. The molecule has 92 valence electrons. The molecule has 2 rings (SSSR count). The Morgan fingerprint density at radius 2 is 2.41 bits per heavy atom. The highest BCUT2D eigenvalue weighted by molar-refractivity contribution is 5.85. The van der Waals surface area contributed by atoms with Crippen molar-refractivity contribution in [1.82, 2.24) is 4.98 Å². The first-order valence-electron chi connectivity index (χ1n) is 5.69. The van der Waals surface area contributed by atoms with Crippen molar-refractivity contribution in [2.75, 3.05) is 25.1 Å². The topological polar surface area (TPSA) is 62.7 Å². The highest BCUT2D eigenvalue weighted by Gasteiger charge is 2.20. The summed E-state index contributed by atoms with van der Waals surface area (Å²) in [6.07, 6.45) is 2.29. The summed E-state index contributed by atoms with van der Waals surface area (Å²) < 4.78 is 5.33. The van der Waals surface area contributed by atoms with Crippen LogP contribution in [0.25, 0.3) is 0 Å². The number of rotatable bonds is 3. The fourth-order valence-electron chi connectivity index (χ4n) is 2.06. The molecule has 1 aromatic rings. The molecule has 0 aliphatic carbocycles. The Balaban J connectivity index is 2.16. The normalized spacial score (nSPS) is 20.3. The maximum absolute atomic E-state index is 10.9. The summed E-state index contributed by atoms with van der Waals surface area (Å²) in [7, 11) is 1.70. The third kappa shape index (κ3) is 2.74. The van der Waals surface area contributed by atoms with Crippen LogP contribution in [-0.2, 0) is 4.74 Å². The zero-order chi connectivity index (χ0) is 12.3. The van der Waals surface area contributed by atoms with Crippen LogP contribution < -0.4 is 4.90 Å². The fourth-order valence-corrected chi connectivity index (χ4v) is 2.06. The van der Waals surface area contributed by atoms with Crippen LogP contribution in [0.2, 0.25) is 0 Å². The summed E-state index contributed by atoms with van der Waals surface area (Å²) in [6.45, 7) is 1.67. The molecule has 5 nitrogen and oxygen atoms in total. The highest BCUT2D eigenvalue weighted by Crippen LogP contribution is 2.19. The minimum absolute atomic E-state index is 0.0852. The van der Waals surface area contributed by atoms with E-state index in [1.165, 1.54) is 6.07 Å². The van der Waals surface area contributed by atoms with E-state index in [1.54, 1.807) is 13.2 Å². The molecule has 17 heavy (non-hydrogen) atoms. The lowest BCUT2D eigenvalue weighted by molar-refractivity contribution is 0.0690. The molecule has 0 saturated carbocycles. The minimum atomic E-state index is -0.993. The van der Waals surface area contributed by atoms with Gasteiger partial charge in [-0.05, 0) is 25.0 Å². The van der Waals surface area contributed by atoms with E-state index in [0.717, 1.165) is 25.9 Å². The zero-order valence-corrected chi connectivity index (χ0v) is 9.80. The van der Waals surface area contributed by atoms with Crippen molar-refractivity contribution in [1.29, 1.82) is 0 Å². The van der Waals surface area contributed by atoms with Crippen LogP contribution >= 0.6 is 0 Å². The summed E-state index contributed by atoms with van der Waals surface area (Å²) in [5, 5.41) is 8.90. The molecule has 0 amide bonds. The predicted molar refractivity (Wildman–Crippen MR) is 63.4 cm³/mol. The van der Waals surface area contributed by atoms with Crippen molar-refractivity contribution >= 4 is 11.8 Å². The monoisotopic (exact) mass is 236 g/mol. The number of hydrogen-bond donors (Lipinski definition) is 1. The lowest BCUT2D eigenvalue weighted by atomic mass is 10.1. The molecule has 2 heterocycles. The molecule has 1 fully saturated rings. The van der Waals surface area contributed by atoms with E-state index in [-0.39, 0.29) is 11.8 Å². The number of aromatic nitrogens is 1. The molecule has 5 heteroatoms. The van der Waals surface area contributed by atoms with Crippen molar-refractivity contribution in [2.24, 2.45) is 0 Å². The molecule has 0 aromatic carbocycles. The van der Waals surface area contributed by atoms with Crippen LogP contribution in [0.4, 0.5) is 5.82 Å². The van der Waals surface area contributed by atoms with Crippen LogP contribution in [0.1, 0.15) is 23.3 Å². The van der Waals surface area contributed by atoms with E-state index in [4.69, 9.17) is 9.84 Å². The lowest BCUT2D eigenvalue weighted by Gasteiger charge is -2.32. The Morgan fingerprint density at radius 3 is 3.12 bits per heavy atom. The first-order chi connectivity index (χ1) is 8.20. The van der Waals surface area contributed by atoms with Gasteiger partial charge in [-0.2, -0.15) is 0 Å². The number of ether oxygens (including phenoxy) is 1. The second kappa shape index (κ2) is 5.14. The largest absolute Gasteiger partial charge is 0.477 e. The molecule has 1 unspecified atom stereocenters. The van der Waals surface area contributed by atoms with Crippen LogP contribution in [0.15, 0.2) is 18.2 Å². The van der Waals surface area contributed by atoms with Crippen molar-refractivity contribution in [3.8, 4) is 0 Å². The van der Waals surface area contributed by atoms with E-state index < -0.39 is 5.97 Å². The number of nitrogens with zero attached hydrogens (tertiary/aromatic N) is 2. The molecular weight excluding hydrogens is 220 g/mol. The zero-order valence-electron chi connectivity index (χ0n) is 9.80. The Labute approximate surface area is 100 Å². The maximum Gasteiger partial charge on any atom is 0.354 e. The van der Waals surface area contributed by atoms with Crippen molar-refractivity contribution in [2.45, 2.75) is 18.9 Å². The molecule has 0 radical (unpaired) electrons. The maximum atomic E-state index is 10.9. The fraction of sp³-hybridized carbons (Fsp3) is 0.500. The van der Waals surface area contributed by atoms with Gasteiger partial charge in [-0.25, -0.2) is 9.78 Å². The Morgan fingerprint density at radius 1 is 1.59 bits per heavy atom.